The van der Waals surface area contributed by atoms with Crippen molar-refractivity contribution < 1.29 is 24.3 Å². The van der Waals surface area contributed by atoms with Crippen LogP contribution in [0.5, 0.6) is 0 Å². The van der Waals surface area contributed by atoms with Gasteiger partial charge in [0, 0.05) is 30.7 Å². The number of amides is 2. The number of ether oxygens (including phenoxy) is 1. The standard InChI is InChI=1S/C19H29N3O5/c1-14-9-8-10-15(20-14)13-16(19(25)27-2)21-17(23)11-6-4-3-5-7-12-18(24)22-26/h8-10,16,26H,3-7,11-13H2,1-2H3,(H,21,23)(H,22,24)/t16-/m1/s1. The molecule has 1 aromatic rings. The van der Waals surface area contributed by atoms with Crippen molar-refractivity contribution in [2.75, 3.05) is 7.11 Å². The molecule has 1 heterocycles. The number of hydrogen-bond donors (Lipinski definition) is 3. The van der Waals surface area contributed by atoms with Gasteiger partial charge in [-0.05, 0) is 31.9 Å². The topological polar surface area (TPSA) is 118 Å². The van der Waals surface area contributed by atoms with Crippen LogP contribution in [0.25, 0.3) is 0 Å². The first-order chi connectivity index (χ1) is 13.0. The maximum absolute atomic E-state index is 12.1. The minimum absolute atomic E-state index is 0.197. The van der Waals surface area contributed by atoms with Crippen LogP contribution in [0, 0.1) is 6.92 Å². The van der Waals surface area contributed by atoms with E-state index in [1.54, 1.807) is 5.48 Å². The van der Waals surface area contributed by atoms with E-state index >= 15 is 0 Å². The smallest absolute Gasteiger partial charge is 0.328 e. The molecule has 0 aliphatic rings. The van der Waals surface area contributed by atoms with Gasteiger partial charge < -0.3 is 10.1 Å². The zero-order chi connectivity index (χ0) is 20.1. The lowest BCUT2D eigenvalue weighted by Crippen LogP contribution is -2.43. The number of unbranched alkanes of at least 4 members (excludes halogenated alkanes) is 4. The first kappa shape index (κ1) is 22.6. The number of hydroxylamine groups is 1. The van der Waals surface area contributed by atoms with Crippen molar-refractivity contribution in [1.82, 2.24) is 15.8 Å². The van der Waals surface area contributed by atoms with Crippen LogP contribution in [-0.4, -0.2) is 41.1 Å². The first-order valence-corrected chi connectivity index (χ1v) is 9.19. The molecular weight excluding hydrogens is 350 g/mol. The molecule has 0 saturated carbocycles. The monoisotopic (exact) mass is 379 g/mol. The van der Waals surface area contributed by atoms with Gasteiger partial charge >= 0.3 is 5.97 Å². The first-order valence-electron chi connectivity index (χ1n) is 9.19. The van der Waals surface area contributed by atoms with Crippen molar-refractivity contribution in [3.8, 4) is 0 Å². The highest BCUT2D eigenvalue weighted by Crippen LogP contribution is 2.08. The zero-order valence-corrected chi connectivity index (χ0v) is 16.0. The van der Waals surface area contributed by atoms with Crippen LogP contribution in [0.4, 0.5) is 0 Å². The summed E-state index contributed by atoms with van der Waals surface area (Å²) in [6, 6.07) is 4.78. The molecule has 0 aromatic carbocycles. The number of carbonyl (C=O) groups excluding carboxylic acids is 3. The molecule has 150 valence electrons. The van der Waals surface area contributed by atoms with Crippen LogP contribution >= 0.6 is 0 Å². The molecule has 8 heteroatoms. The van der Waals surface area contributed by atoms with E-state index in [0.717, 1.165) is 30.7 Å². The average molecular weight is 379 g/mol. The third kappa shape index (κ3) is 9.69. The molecule has 0 unspecified atom stereocenters. The molecular formula is C19H29N3O5. The predicted octanol–water partition coefficient (Wildman–Crippen LogP) is 1.83. The van der Waals surface area contributed by atoms with Gasteiger partial charge in [0.15, 0.2) is 0 Å². The summed E-state index contributed by atoms with van der Waals surface area (Å²) in [5, 5.41) is 11.1. The number of carbonyl (C=O) groups is 3. The van der Waals surface area contributed by atoms with E-state index in [-0.39, 0.29) is 18.2 Å². The maximum Gasteiger partial charge on any atom is 0.328 e. The lowest BCUT2D eigenvalue weighted by Gasteiger charge is -2.16. The third-order valence-electron chi connectivity index (χ3n) is 4.11. The third-order valence-corrected chi connectivity index (χ3v) is 4.11. The average Bonchev–Trinajstić information content (AvgIpc) is 2.65. The van der Waals surface area contributed by atoms with Crippen LogP contribution in [0.3, 0.4) is 0 Å². The van der Waals surface area contributed by atoms with Crippen LogP contribution < -0.4 is 10.8 Å². The van der Waals surface area contributed by atoms with Crippen molar-refractivity contribution in [3.05, 3.63) is 29.6 Å². The number of esters is 1. The highest BCUT2D eigenvalue weighted by Gasteiger charge is 2.22. The molecule has 0 aliphatic heterocycles. The fourth-order valence-electron chi connectivity index (χ4n) is 2.68. The van der Waals surface area contributed by atoms with Gasteiger partial charge in [0.05, 0.1) is 7.11 Å². The second-order valence-electron chi connectivity index (χ2n) is 6.42. The van der Waals surface area contributed by atoms with Crippen LogP contribution in [0.2, 0.25) is 0 Å². The van der Waals surface area contributed by atoms with Crippen molar-refractivity contribution in [2.24, 2.45) is 0 Å². The summed E-state index contributed by atoms with van der Waals surface area (Å²) < 4.78 is 4.78. The van der Waals surface area contributed by atoms with Crippen LogP contribution in [-0.2, 0) is 25.5 Å². The molecule has 0 aliphatic carbocycles. The Bertz CT molecular complexity index is 621. The molecule has 1 aromatic heterocycles. The SMILES string of the molecule is COC(=O)[C@@H](Cc1cccc(C)n1)NC(=O)CCCCCCCC(=O)NO. The Hall–Kier alpha value is -2.48. The van der Waals surface area contributed by atoms with Crippen LogP contribution in [0.1, 0.15) is 56.3 Å². The molecule has 0 fully saturated rings. The second-order valence-corrected chi connectivity index (χ2v) is 6.42. The van der Waals surface area contributed by atoms with E-state index in [1.807, 2.05) is 25.1 Å². The van der Waals surface area contributed by atoms with Gasteiger partial charge in [0.25, 0.3) is 0 Å². The number of nitrogens with zero attached hydrogens (tertiary/aromatic N) is 1. The van der Waals surface area contributed by atoms with E-state index in [0.29, 0.717) is 25.7 Å². The molecule has 3 N–H and O–H groups in total. The van der Waals surface area contributed by atoms with Crippen molar-refractivity contribution in [1.29, 1.82) is 0 Å². The molecule has 27 heavy (non-hydrogen) atoms. The highest BCUT2D eigenvalue weighted by molar-refractivity contribution is 5.84. The van der Waals surface area contributed by atoms with Crippen molar-refractivity contribution >= 4 is 17.8 Å². The summed E-state index contributed by atoms with van der Waals surface area (Å²) >= 11 is 0. The number of aryl methyl sites for hydroxylation is 1. The number of pyridine rings is 1. The number of methoxy groups -OCH3 is 1. The predicted molar refractivity (Wildman–Crippen MR) is 98.9 cm³/mol. The van der Waals surface area contributed by atoms with E-state index in [1.165, 1.54) is 7.11 Å². The second kappa shape index (κ2) is 12.8. The summed E-state index contributed by atoms with van der Waals surface area (Å²) in [7, 11) is 1.29. The maximum atomic E-state index is 12.1. The molecule has 1 atom stereocenters. The lowest BCUT2D eigenvalue weighted by atomic mass is 10.1. The Morgan fingerprint density at radius 1 is 1.07 bits per heavy atom. The van der Waals surface area contributed by atoms with Gasteiger partial charge in [0.1, 0.15) is 6.04 Å². The highest BCUT2D eigenvalue weighted by atomic mass is 16.5. The molecule has 0 saturated heterocycles. The fourth-order valence-corrected chi connectivity index (χ4v) is 2.68. The summed E-state index contributed by atoms with van der Waals surface area (Å²) in [4.78, 5) is 39.3. The minimum Gasteiger partial charge on any atom is -0.467 e. The summed E-state index contributed by atoms with van der Waals surface area (Å²) in [5.41, 5.74) is 3.17. The lowest BCUT2D eigenvalue weighted by molar-refractivity contribution is -0.145. The zero-order valence-electron chi connectivity index (χ0n) is 16.0. The Kier molecular flexibility index (Phi) is 10.7. The Morgan fingerprint density at radius 2 is 1.70 bits per heavy atom. The summed E-state index contributed by atoms with van der Waals surface area (Å²) in [5.74, 6) is -1.07. The van der Waals surface area contributed by atoms with E-state index in [9.17, 15) is 14.4 Å². The quantitative estimate of drug-likeness (QED) is 0.221. The summed E-state index contributed by atoms with van der Waals surface area (Å²) in [6.07, 6.45) is 4.93. The van der Waals surface area contributed by atoms with Gasteiger partial charge in [0.2, 0.25) is 11.8 Å². The number of nitrogens with one attached hydrogen (secondary N) is 2. The van der Waals surface area contributed by atoms with E-state index < -0.39 is 12.0 Å². The molecule has 0 spiro atoms. The van der Waals surface area contributed by atoms with Gasteiger partial charge in [-0.1, -0.05) is 25.3 Å². The van der Waals surface area contributed by atoms with E-state index in [4.69, 9.17) is 9.94 Å². The molecule has 0 radical (unpaired) electrons. The largest absolute Gasteiger partial charge is 0.467 e. The van der Waals surface area contributed by atoms with Crippen LogP contribution in [0.15, 0.2) is 18.2 Å². The van der Waals surface area contributed by atoms with Gasteiger partial charge in [-0.15, -0.1) is 0 Å². The Balaban J connectivity index is 2.33. The molecule has 1 rings (SSSR count). The number of aromatic nitrogens is 1. The Morgan fingerprint density at radius 3 is 2.30 bits per heavy atom. The molecule has 8 nitrogen and oxygen atoms in total. The Labute approximate surface area is 159 Å². The fraction of sp³-hybridized carbons (Fsp3) is 0.579. The number of rotatable bonds is 12. The minimum atomic E-state index is -0.756. The molecule has 0 bridgehead atoms. The molecule has 2 amide bonds. The van der Waals surface area contributed by atoms with Crippen molar-refractivity contribution in [2.45, 2.75) is 64.3 Å². The van der Waals surface area contributed by atoms with Gasteiger partial charge in [-0.3, -0.25) is 19.8 Å². The van der Waals surface area contributed by atoms with Gasteiger partial charge in [-0.2, -0.15) is 0 Å². The van der Waals surface area contributed by atoms with Gasteiger partial charge in [-0.25, -0.2) is 10.3 Å². The van der Waals surface area contributed by atoms with Crippen molar-refractivity contribution in [3.63, 3.8) is 0 Å². The number of hydrogen-bond acceptors (Lipinski definition) is 6. The van der Waals surface area contributed by atoms with E-state index in [2.05, 4.69) is 10.3 Å². The summed E-state index contributed by atoms with van der Waals surface area (Å²) in [6.45, 7) is 1.87. The normalized spacial score (nSPS) is 11.5.